The zero-order valence-corrected chi connectivity index (χ0v) is 13.2. The van der Waals surface area contributed by atoms with Gasteiger partial charge in [0.1, 0.15) is 11.3 Å². The van der Waals surface area contributed by atoms with Crippen molar-refractivity contribution in [2.75, 3.05) is 33.4 Å². The maximum atomic E-state index is 11.3. The van der Waals surface area contributed by atoms with E-state index >= 15 is 0 Å². The zero-order chi connectivity index (χ0) is 16.4. The van der Waals surface area contributed by atoms with Crippen LogP contribution in [0.2, 0.25) is 0 Å². The Hall–Kier alpha value is -1.99. The van der Waals surface area contributed by atoms with E-state index in [0.717, 1.165) is 12.0 Å². The number of hydrogen-bond acceptors (Lipinski definition) is 6. The van der Waals surface area contributed by atoms with Gasteiger partial charge in [0, 0.05) is 37.7 Å². The molecule has 0 aliphatic carbocycles. The van der Waals surface area contributed by atoms with Crippen LogP contribution < -0.4 is 19.9 Å². The van der Waals surface area contributed by atoms with Crippen molar-refractivity contribution in [2.24, 2.45) is 5.73 Å². The predicted octanol–water partition coefficient (Wildman–Crippen LogP) is 0.844. The number of benzene rings is 1. The van der Waals surface area contributed by atoms with E-state index in [1.54, 1.807) is 7.11 Å². The fraction of sp³-hybridized carbons (Fsp3) is 0.562. The van der Waals surface area contributed by atoms with E-state index in [0.29, 0.717) is 56.5 Å². The number of aliphatic carboxylic acids is 1. The summed E-state index contributed by atoms with van der Waals surface area (Å²) in [7, 11) is 1.61. The molecule has 1 aromatic carbocycles. The number of ether oxygens (including phenoxy) is 3. The van der Waals surface area contributed by atoms with E-state index in [4.69, 9.17) is 19.9 Å². The Morgan fingerprint density at radius 3 is 2.70 bits per heavy atom. The molecule has 2 aliphatic rings. The van der Waals surface area contributed by atoms with Gasteiger partial charge in [-0.15, -0.1) is 0 Å². The second-order valence-corrected chi connectivity index (χ2v) is 6.08. The fourth-order valence-corrected chi connectivity index (χ4v) is 3.01. The molecule has 1 saturated heterocycles. The highest BCUT2D eigenvalue weighted by Crippen LogP contribution is 2.37. The van der Waals surface area contributed by atoms with Gasteiger partial charge >= 0.3 is 5.97 Å². The van der Waals surface area contributed by atoms with Crippen molar-refractivity contribution in [3.05, 3.63) is 17.7 Å². The molecule has 7 nitrogen and oxygen atoms in total. The normalized spacial score (nSPS) is 24.3. The van der Waals surface area contributed by atoms with E-state index in [1.165, 1.54) is 0 Å². The summed E-state index contributed by atoms with van der Waals surface area (Å²) in [5.74, 6) is 1.14. The fourth-order valence-electron chi connectivity index (χ4n) is 3.01. The highest BCUT2D eigenvalue weighted by Gasteiger charge is 2.41. The van der Waals surface area contributed by atoms with Crippen LogP contribution in [0.15, 0.2) is 12.1 Å². The first kappa shape index (κ1) is 15.9. The van der Waals surface area contributed by atoms with Crippen molar-refractivity contribution in [2.45, 2.75) is 24.9 Å². The molecule has 7 heteroatoms. The third-order valence-corrected chi connectivity index (χ3v) is 4.35. The molecule has 1 atom stereocenters. The lowest BCUT2D eigenvalue weighted by molar-refractivity contribution is -0.142. The topological polar surface area (TPSA) is 94.3 Å². The number of fused-ring (bicyclic) bond motifs is 1. The van der Waals surface area contributed by atoms with Crippen LogP contribution in [0.4, 0.5) is 0 Å². The maximum absolute atomic E-state index is 11.3. The number of hydrogen-bond donors (Lipinski definition) is 2. The Morgan fingerprint density at radius 1 is 1.39 bits per heavy atom. The van der Waals surface area contributed by atoms with E-state index in [9.17, 15) is 9.90 Å². The molecule has 3 rings (SSSR count). The number of methoxy groups -OCH3 is 1. The molecular formula is C16H22N2O5. The first-order valence-corrected chi connectivity index (χ1v) is 7.73. The minimum absolute atomic E-state index is 0.319. The highest BCUT2D eigenvalue weighted by molar-refractivity contribution is 5.79. The number of nitrogens with zero attached hydrogens (tertiary/aromatic N) is 1. The molecular weight excluding hydrogens is 300 g/mol. The van der Waals surface area contributed by atoms with Gasteiger partial charge in [-0.2, -0.15) is 0 Å². The van der Waals surface area contributed by atoms with E-state index < -0.39 is 11.5 Å². The van der Waals surface area contributed by atoms with Crippen LogP contribution >= 0.6 is 0 Å². The quantitative estimate of drug-likeness (QED) is 0.848. The molecule has 126 valence electrons. The molecule has 2 aliphatic heterocycles. The van der Waals surface area contributed by atoms with Gasteiger partial charge in [-0.3, -0.25) is 9.69 Å². The molecule has 3 N–H and O–H groups in total. The van der Waals surface area contributed by atoms with Crippen LogP contribution in [0.3, 0.4) is 0 Å². The SMILES string of the molecule is COc1cc2c(cc1CN1CC[C@](N)(C(=O)O)C1)OCCCO2. The lowest BCUT2D eigenvalue weighted by Gasteiger charge is -2.21. The lowest BCUT2D eigenvalue weighted by Crippen LogP contribution is -2.50. The molecule has 0 radical (unpaired) electrons. The smallest absolute Gasteiger partial charge is 0.325 e. The largest absolute Gasteiger partial charge is 0.496 e. The molecule has 23 heavy (non-hydrogen) atoms. The van der Waals surface area contributed by atoms with Gasteiger partial charge in [-0.05, 0) is 12.5 Å². The van der Waals surface area contributed by atoms with Crippen LogP contribution in [0.5, 0.6) is 17.2 Å². The van der Waals surface area contributed by atoms with Crippen LogP contribution in [0.1, 0.15) is 18.4 Å². The van der Waals surface area contributed by atoms with Gasteiger partial charge in [0.25, 0.3) is 0 Å². The highest BCUT2D eigenvalue weighted by atomic mass is 16.5. The number of nitrogens with two attached hydrogens (primary N) is 1. The maximum Gasteiger partial charge on any atom is 0.325 e. The van der Waals surface area contributed by atoms with Gasteiger partial charge in [0.05, 0.1) is 20.3 Å². The molecule has 0 aromatic heterocycles. The summed E-state index contributed by atoms with van der Waals surface area (Å²) >= 11 is 0. The summed E-state index contributed by atoms with van der Waals surface area (Å²) in [6.45, 7) is 2.76. The number of likely N-dealkylation sites (tertiary alicyclic amines) is 1. The Labute approximate surface area is 134 Å². The first-order chi connectivity index (χ1) is 11.0. The van der Waals surface area contributed by atoms with Crippen molar-refractivity contribution in [1.82, 2.24) is 4.90 Å². The average molecular weight is 322 g/mol. The minimum Gasteiger partial charge on any atom is -0.496 e. The van der Waals surface area contributed by atoms with Gasteiger partial charge < -0.3 is 25.1 Å². The number of rotatable bonds is 4. The van der Waals surface area contributed by atoms with Crippen LogP contribution in [0.25, 0.3) is 0 Å². The third-order valence-electron chi connectivity index (χ3n) is 4.35. The van der Waals surface area contributed by atoms with Crippen LogP contribution in [-0.2, 0) is 11.3 Å². The first-order valence-electron chi connectivity index (χ1n) is 7.73. The third kappa shape index (κ3) is 3.20. The summed E-state index contributed by atoms with van der Waals surface area (Å²) in [6.07, 6.45) is 1.28. The monoisotopic (exact) mass is 322 g/mol. The molecule has 2 heterocycles. The van der Waals surface area contributed by atoms with E-state index in [2.05, 4.69) is 0 Å². The molecule has 1 aromatic rings. The molecule has 0 bridgehead atoms. The summed E-state index contributed by atoms with van der Waals surface area (Å²) in [5, 5.41) is 9.23. The van der Waals surface area contributed by atoms with Gasteiger partial charge in [0.15, 0.2) is 11.5 Å². The van der Waals surface area contributed by atoms with Gasteiger partial charge in [-0.25, -0.2) is 0 Å². The number of carboxylic acids is 1. The second kappa shape index (κ2) is 6.25. The number of carboxylic acid groups (broad SMARTS) is 1. The van der Waals surface area contributed by atoms with E-state index in [1.807, 2.05) is 17.0 Å². The van der Waals surface area contributed by atoms with Gasteiger partial charge in [-0.1, -0.05) is 0 Å². The Bertz CT molecular complexity index is 606. The van der Waals surface area contributed by atoms with Crippen molar-refractivity contribution in [3.63, 3.8) is 0 Å². The summed E-state index contributed by atoms with van der Waals surface area (Å²) < 4.78 is 16.8. The number of carbonyl (C=O) groups is 1. The van der Waals surface area contributed by atoms with Crippen molar-refractivity contribution < 1.29 is 24.1 Å². The Balaban J connectivity index is 1.80. The summed E-state index contributed by atoms with van der Waals surface area (Å²) in [4.78, 5) is 13.3. The van der Waals surface area contributed by atoms with Crippen molar-refractivity contribution in [3.8, 4) is 17.2 Å². The predicted molar refractivity (Wildman–Crippen MR) is 83.0 cm³/mol. The zero-order valence-electron chi connectivity index (χ0n) is 13.2. The summed E-state index contributed by atoms with van der Waals surface area (Å²) in [5.41, 5.74) is 5.70. The minimum atomic E-state index is -1.17. The Morgan fingerprint density at radius 2 is 2.09 bits per heavy atom. The lowest BCUT2D eigenvalue weighted by atomic mass is 10.0. The van der Waals surface area contributed by atoms with Gasteiger partial charge in [0.2, 0.25) is 0 Å². The van der Waals surface area contributed by atoms with E-state index in [-0.39, 0.29) is 0 Å². The van der Waals surface area contributed by atoms with Crippen LogP contribution in [-0.4, -0.2) is 54.9 Å². The molecule has 1 fully saturated rings. The molecule has 0 saturated carbocycles. The molecule has 0 unspecified atom stereocenters. The standard InChI is InChI=1S/C16H22N2O5/c1-21-12-8-14-13(22-5-2-6-23-14)7-11(12)9-18-4-3-16(17,10-18)15(19)20/h7-8H,2-6,9-10,17H2,1H3,(H,19,20)/t16-/m1/s1. The molecule has 0 spiro atoms. The van der Waals surface area contributed by atoms with Crippen molar-refractivity contribution in [1.29, 1.82) is 0 Å². The Kier molecular flexibility index (Phi) is 4.32. The van der Waals surface area contributed by atoms with Crippen molar-refractivity contribution >= 4 is 5.97 Å². The summed E-state index contributed by atoms with van der Waals surface area (Å²) in [6, 6.07) is 3.75. The average Bonchev–Trinajstić information content (AvgIpc) is 2.77. The van der Waals surface area contributed by atoms with Crippen LogP contribution in [0, 0.1) is 0 Å². The molecule has 0 amide bonds. The second-order valence-electron chi connectivity index (χ2n) is 6.08.